The average Bonchev–Trinajstić information content (AvgIpc) is 3.25. The van der Waals surface area contributed by atoms with E-state index in [1.807, 2.05) is 0 Å². The Morgan fingerprint density at radius 2 is 1.84 bits per heavy atom. The molecule has 2 nitrogen and oxygen atoms in total. The van der Waals surface area contributed by atoms with Gasteiger partial charge in [-0.2, -0.15) is 0 Å². The van der Waals surface area contributed by atoms with Crippen molar-refractivity contribution < 1.29 is 0 Å². The van der Waals surface area contributed by atoms with Crippen molar-refractivity contribution >= 4 is 0 Å². The first-order valence-electron chi connectivity index (χ1n) is 7.86. The molecule has 1 aromatic rings. The molecule has 0 amide bonds. The van der Waals surface area contributed by atoms with Gasteiger partial charge in [0.05, 0.1) is 0 Å². The van der Waals surface area contributed by atoms with Gasteiger partial charge in [-0.05, 0) is 57.2 Å². The lowest BCUT2D eigenvalue weighted by atomic mass is 9.76. The van der Waals surface area contributed by atoms with Gasteiger partial charge < -0.3 is 5.32 Å². The third kappa shape index (κ3) is 1.85. The van der Waals surface area contributed by atoms with Crippen LogP contribution in [0.4, 0.5) is 0 Å². The van der Waals surface area contributed by atoms with E-state index in [4.69, 9.17) is 0 Å². The van der Waals surface area contributed by atoms with E-state index in [1.165, 1.54) is 44.3 Å². The van der Waals surface area contributed by atoms with Crippen LogP contribution in [-0.4, -0.2) is 29.6 Å². The van der Waals surface area contributed by atoms with E-state index in [0.29, 0.717) is 11.6 Å². The predicted molar refractivity (Wildman–Crippen MR) is 78.0 cm³/mol. The molecular weight excluding hydrogens is 232 g/mol. The minimum atomic E-state index is 0.476. The van der Waals surface area contributed by atoms with Gasteiger partial charge in [0.25, 0.3) is 0 Å². The van der Waals surface area contributed by atoms with Gasteiger partial charge in [0.1, 0.15) is 0 Å². The van der Waals surface area contributed by atoms with Crippen molar-refractivity contribution in [2.75, 3.05) is 13.1 Å². The Balaban J connectivity index is 1.53. The summed E-state index contributed by atoms with van der Waals surface area (Å²) < 4.78 is 0. The number of nitrogens with zero attached hydrogens (tertiary/aromatic N) is 1. The second-order valence-electron chi connectivity index (χ2n) is 6.70. The molecule has 19 heavy (non-hydrogen) atoms. The van der Waals surface area contributed by atoms with Crippen LogP contribution in [0.3, 0.4) is 0 Å². The number of piperidine rings is 3. The van der Waals surface area contributed by atoms with Gasteiger partial charge in [-0.3, -0.25) is 4.90 Å². The van der Waals surface area contributed by atoms with Crippen LogP contribution in [0.1, 0.15) is 44.2 Å². The highest BCUT2D eigenvalue weighted by Crippen LogP contribution is 2.54. The summed E-state index contributed by atoms with van der Waals surface area (Å²) in [5.41, 5.74) is 1.97. The van der Waals surface area contributed by atoms with Gasteiger partial charge in [-0.25, -0.2) is 0 Å². The molecule has 1 N–H and O–H groups in total. The number of rotatable bonds is 3. The quantitative estimate of drug-likeness (QED) is 0.894. The van der Waals surface area contributed by atoms with E-state index < -0.39 is 0 Å². The van der Waals surface area contributed by atoms with E-state index in [1.54, 1.807) is 0 Å². The molecule has 102 valence electrons. The third-order valence-electron chi connectivity index (χ3n) is 5.71. The molecule has 2 atom stereocenters. The molecule has 0 aromatic heterocycles. The highest BCUT2D eigenvalue weighted by atomic mass is 15.3. The summed E-state index contributed by atoms with van der Waals surface area (Å²) in [6.45, 7) is 5.02. The van der Waals surface area contributed by atoms with Crippen LogP contribution in [0.5, 0.6) is 0 Å². The summed E-state index contributed by atoms with van der Waals surface area (Å²) in [5, 5.41) is 3.98. The van der Waals surface area contributed by atoms with Crippen molar-refractivity contribution in [3.63, 3.8) is 0 Å². The number of hydrogen-bond acceptors (Lipinski definition) is 2. The zero-order valence-electron chi connectivity index (χ0n) is 11.8. The van der Waals surface area contributed by atoms with E-state index in [9.17, 15) is 0 Å². The molecule has 0 unspecified atom stereocenters. The van der Waals surface area contributed by atoms with E-state index >= 15 is 0 Å². The molecule has 1 aliphatic carbocycles. The van der Waals surface area contributed by atoms with Crippen LogP contribution in [0.25, 0.3) is 0 Å². The van der Waals surface area contributed by atoms with Crippen molar-refractivity contribution in [2.24, 2.45) is 5.92 Å². The maximum atomic E-state index is 3.98. The van der Waals surface area contributed by atoms with Crippen LogP contribution in [0.15, 0.2) is 30.3 Å². The largest absolute Gasteiger partial charge is 0.305 e. The standard InChI is InChI=1S/C17H24N2/c1-13(14-5-3-2-4-6-14)18-16-15-7-11-19(12-8-15)17(16)9-10-17/h2-6,13,15-16,18H,7-12H2,1H3/t13-,16-/m1/s1. The van der Waals surface area contributed by atoms with Gasteiger partial charge in [0.2, 0.25) is 0 Å². The Kier molecular flexibility index (Phi) is 2.71. The van der Waals surface area contributed by atoms with Gasteiger partial charge in [-0.1, -0.05) is 30.3 Å². The first kappa shape index (κ1) is 11.9. The van der Waals surface area contributed by atoms with Crippen molar-refractivity contribution in [1.29, 1.82) is 0 Å². The van der Waals surface area contributed by atoms with Crippen LogP contribution in [0, 0.1) is 5.92 Å². The SMILES string of the molecule is C[C@@H](N[C@@H]1C2CCN(CC2)C12CC2)c1ccccc1. The zero-order chi connectivity index (χ0) is 12.9. The summed E-state index contributed by atoms with van der Waals surface area (Å²) in [6.07, 6.45) is 5.65. The van der Waals surface area contributed by atoms with Crippen molar-refractivity contribution in [3.8, 4) is 0 Å². The fourth-order valence-corrected chi connectivity index (χ4v) is 4.47. The first-order valence-corrected chi connectivity index (χ1v) is 7.86. The van der Waals surface area contributed by atoms with Gasteiger partial charge in [0.15, 0.2) is 0 Å². The monoisotopic (exact) mass is 256 g/mol. The first-order chi connectivity index (χ1) is 9.29. The smallest absolute Gasteiger partial charge is 0.0366 e. The van der Waals surface area contributed by atoms with Gasteiger partial charge in [-0.15, -0.1) is 0 Å². The molecule has 0 radical (unpaired) electrons. The second-order valence-corrected chi connectivity index (χ2v) is 6.70. The lowest BCUT2D eigenvalue weighted by Crippen LogP contribution is -2.64. The normalized spacial score (nSPS) is 36.4. The molecule has 1 aromatic carbocycles. The summed E-state index contributed by atoms with van der Waals surface area (Å²) in [5.74, 6) is 0.915. The van der Waals surface area contributed by atoms with Crippen molar-refractivity contribution in [2.45, 2.75) is 50.2 Å². The maximum absolute atomic E-state index is 3.98. The van der Waals surface area contributed by atoms with Crippen LogP contribution >= 0.6 is 0 Å². The molecule has 3 saturated heterocycles. The fraction of sp³-hybridized carbons (Fsp3) is 0.647. The summed E-state index contributed by atoms with van der Waals surface area (Å²) in [4.78, 5) is 2.78. The molecule has 2 heteroatoms. The number of hydrogen-bond donors (Lipinski definition) is 1. The molecular formula is C17H24N2. The Bertz CT molecular complexity index is 444. The predicted octanol–water partition coefficient (Wildman–Crippen LogP) is 2.96. The second kappa shape index (κ2) is 4.32. The molecule has 3 heterocycles. The lowest BCUT2D eigenvalue weighted by molar-refractivity contribution is -0.00655. The van der Waals surface area contributed by atoms with E-state index in [-0.39, 0.29) is 0 Å². The van der Waals surface area contributed by atoms with E-state index in [2.05, 4.69) is 47.5 Å². The number of benzene rings is 1. The summed E-state index contributed by atoms with van der Waals surface area (Å²) >= 11 is 0. The average molecular weight is 256 g/mol. The molecule has 2 bridgehead atoms. The summed E-state index contributed by atoms with van der Waals surface area (Å²) in [7, 11) is 0. The minimum Gasteiger partial charge on any atom is -0.305 e. The highest BCUT2D eigenvalue weighted by molar-refractivity contribution is 5.22. The molecule has 3 aliphatic heterocycles. The van der Waals surface area contributed by atoms with Gasteiger partial charge >= 0.3 is 0 Å². The maximum Gasteiger partial charge on any atom is 0.0366 e. The van der Waals surface area contributed by atoms with E-state index in [0.717, 1.165) is 12.0 Å². The zero-order valence-corrected chi connectivity index (χ0v) is 11.8. The molecule has 5 rings (SSSR count). The Hall–Kier alpha value is -0.860. The topological polar surface area (TPSA) is 15.3 Å². The molecule has 1 spiro atoms. The van der Waals surface area contributed by atoms with Gasteiger partial charge in [0, 0.05) is 17.6 Å². The lowest BCUT2D eigenvalue weighted by Gasteiger charge is -2.53. The highest BCUT2D eigenvalue weighted by Gasteiger charge is 2.60. The van der Waals surface area contributed by atoms with Crippen LogP contribution in [-0.2, 0) is 0 Å². The van der Waals surface area contributed by atoms with Crippen molar-refractivity contribution in [3.05, 3.63) is 35.9 Å². The Labute approximate surface area is 116 Å². The molecule has 4 aliphatic rings. The Morgan fingerprint density at radius 1 is 1.16 bits per heavy atom. The fourth-order valence-electron chi connectivity index (χ4n) is 4.47. The van der Waals surface area contributed by atoms with Crippen LogP contribution < -0.4 is 5.32 Å². The minimum absolute atomic E-state index is 0.476. The third-order valence-corrected chi connectivity index (χ3v) is 5.71. The molecule has 1 saturated carbocycles. The van der Waals surface area contributed by atoms with Crippen LogP contribution in [0.2, 0.25) is 0 Å². The molecule has 4 fully saturated rings. The van der Waals surface area contributed by atoms with Crippen molar-refractivity contribution in [1.82, 2.24) is 10.2 Å². The summed E-state index contributed by atoms with van der Waals surface area (Å²) in [6, 6.07) is 12.1. The number of fused-ring (bicyclic) bond motifs is 2. The number of nitrogens with one attached hydrogen (secondary N) is 1. The Morgan fingerprint density at radius 3 is 2.47 bits per heavy atom.